The van der Waals surface area contributed by atoms with Gasteiger partial charge >= 0.3 is 0 Å². The summed E-state index contributed by atoms with van der Waals surface area (Å²) in [5, 5.41) is 9.16. The number of ether oxygens (including phenoxy) is 1. The van der Waals surface area contributed by atoms with Gasteiger partial charge in [0, 0.05) is 36.9 Å². The standard InChI is InChI=1S/C15H20N4O2S/c20-15(12-19-5-2-4-17-19)16-11-13(14-3-1-10-22-14)18-6-8-21-9-7-18/h1-5,10,13H,6-9,11-12H2,(H,16,20). The molecule has 1 fully saturated rings. The molecule has 2 aromatic rings. The van der Waals surface area contributed by atoms with Crippen LogP contribution in [0.4, 0.5) is 0 Å². The largest absolute Gasteiger partial charge is 0.379 e. The Morgan fingerprint density at radius 3 is 2.95 bits per heavy atom. The van der Waals surface area contributed by atoms with E-state index >= 15 is 0 Å². The van der Waals surface area contributed by atoms with Gasteiger partial charge in [0.25, 0.3) is 0 Å². The summed E-state index contributed by atoms with van der Waals surface area (Å²) in [4.78, 5) is 15.7. The molecule has 1 amide bonds. The van der Waals surface area contributed by atoms with Crippen molar-refractivity contribution in [2.45, 2.75) is 12.6 Å². The third kappa shape index (κ3) is 3.94. The molecule has 2 aromatic heterocycles. The average molecular weight is 320 g/mol. The van der Waals surface area contributed by atoms with Crippen LogP contribution in [0, 0.1) is 0 Å². The van der Waals surface area contributed by atoms with Crippen molar-refractivity contribution in [3.63, 3.8) is 0 Å². The van der Waals surface area contributed by atoms with E-state index in [0.29, 0.717) is 6.54 Å². The Bertz CT molecular complexity index is 564. The quantitative estimate of drug-likeness (QED) is 0.867. The van der Waals surface area contributed by atoms with Crippen LogP contribution < -0.4 is 5.32 Å². The second-order valence-corrected chi connectivity index (χ2v) is 6.17. The molecule has 0 radical (unpaired) electrons. The van der Waals surface area contributed by atoms with E-state index in [9.17, 15) is 4.79 Å². The Morgan fingerprint density at radius 2 is 2.27 bits per heavy atom. The highest BCUT2D eigenvalue weighted by Gasteiger charge is 2.23. The SMILES string of the molecule is O=C(Cn1cccn1)NCC(c1cccs1)N1CCOCC1. The number of carbonyl (C=O) groups excluding carboxylic acids is 1. The molecular weight excluding hydrogens is 300 g/mol. The molecule has 7 heteroatoms. The van der Waals surface area contributed by atoms with E-state index in [1.54, 1.807) is 28.4 Å². The molecule has 1 unspecified atom stereocenters. The molecule has 0 saturated carbocycles. The summed E-state index contributed by atoms with van der Waals surface area (Å²) in [5.41, 5.74) is 0. The Balaban J connectivity index is 1.59. The van der Waals surface area contributed by atoms with Crippen molar-refractivity contribution in [2.24, 2.45) is 0 Å². The highest BCUT2D eigenvalue weighted by Crippen LogP contribution is 2.25. The lowest BCUT2D eigenvalue weighted by Gasteiger charge is -2.34. The number of nitrogens with one attached hydrogen (secondary N) is 1. The van der Waals surface area contributed by atoms with E-state index in [0.717, 1.165) is 26.3 Å². The van der Waals surface area contributed by atoms with Crippen molar-refractivity contribution in [3.8, 4) is 0 Å². The van der Waals surface area contributed by atoms with Gasteiger partial charge in [-0.15, -0.1) is 11.3 Å². The van der Waals surface area contributed by atoms with Gasteiger partial charge in [0.15, 0.2) is 0 Å². The zero-order chi connectivity index (χ0) is 15.2. The first-order valence-corrected chi connectivity index (χ1v) is 8.30. The van der Waals surface area contributed by atoms with E-state index in [1.165, 1.54) is 4.88 Å². The smallest absolute Gasteiger partial charge is 0.241 e. The van der Waals surface area contributed by atoms with Crippen molar-refractivity contribution >= 4 is 17.2 Å². The summed E-state index contributed by atoms with van der Waals surface area (Å²) < 4.78 is 7.05. The molecule has 1 atom stereocenters. The van der Waals surface area contributed by atoms with Crippen LogP contribution in [-0.4, -0.2) is 53.4 Å². The third-order valence-electron chi connectivity index (χ3n) is 3.72. The average Bonchev–Trinajstić information content (AvgIpc) is 3.22. The first-order valence-electron chi connectivity index (χ1n) is 7.42. The van der Waals surface area contributed by atoms with Crippen LogP contribution in [0.15, 0.2) is 36.0 Å². The maximum absolute atomic E-state index is 12.1. The van der Waals surface area contributed by atoms with Crippen LogP contribution in [0.25, 0.3) is 0 Å². The van der Waals surface area contributed by atoms with Gasteiger partial charge in [-0.05, 0) is 17.5 Å². The monoisotopic (exact) mass is 320 g/mol. The van der Waals surface area contributed by atoms with Gasteiger partial charge in [-0.25, -0.2) is 0 Å². The lowest BCUT2D eigenvalue weighted by Crippen LogP contribution is -2.44. The number of morpholine rings is 1. The number of hydrogen-bond acceptors (Lipinski definition) is 5. The molecule has 1 aliphatic rings. The van der Waals surface area contributed by atoms with Gasteiger partial charge in [-0.1, -0.05) is 6.07 Å². The fraction of sp³-hybridized carbons (Fsp3) is 0.467. The molecule has 1 aliphatic heterocycles. The molecule has 0 aromatic carbocycles. The van der Waals surface area contributed by atoms with E-state index in [-0.39, 0.29) is 18.5 Å². The molecule has 1 N–H and O–H groups in total. The summed E-state index contributed by atoms with van der Waals surface area (Å²) in [5.74, 6) is -0.0153. The molecule has 1 saturated heterocycles. The van der Waals surface area contributed by atoms with Crippen molar-refractivity contribution in [1.82, 2.24) is 20.0 Å². The number of amides is 1. The molecule has 118 valence electrons. The van der Waals surface area contributed by atoms with Crippen LogP contribution in [0.3, 0.4) is 0 Å². The van der Waals surface area contributed by atoms with E-state index in [4.69, 9.17) is 4.74 Å². The van der Waals surface area contributed by atoms with E-state index in [2.05, 4.69) is 32.8 Å². The molecule has 0 spiro atoms. The predicted molar refractivity (Wildman–Crippen MR) is 84.7 cm³/mol. The Kier molecular flexibility index (Phi) is 5.20. The van der Waals surface area contributed by atoms with Crippen molar-refractivity contribution < 1.29 is 9.53 Å². The lowest BCUT2D eigenvalue weighted by atomic mass is 10.2. The van der Waals surface area contributed by atoms with Crippen LogP contribution in [0.2, 0.25) is 0 Å². The van der Waals surface area contributed by atoms with Gasteiger partial charge in [0.1, 0.15) is 6.54 Å². The highest BCUT2D eigenvalue weighted by molar-refractivity contribution is 7.10. The van der Waals surface area contributed by atoms with Gasteiger partial charge in [0.05, 0.1) is 19.3 Å². The number of carbonyl (C=O) groups is 1. The number of aromatic nitrogens is 2. The maximum Gasteiger partial charge on any atom is 0.241 e. The second-order valence-electron chi connectivity index (χ2n) is 5.19. The van der Waals surface area contributed by atoms with Gasteiger partial charge in [-0.2, -0.15) is 5.10 Å². The molecule has 3 heterocycles. The van der Waals surface area contributed by atoms with Crippen molar-refractivity contribution in [1.29, 1.82) is 0 Å². The van der Waals surface area contributed by atoms with Gasteiger partial charge < -0.3 is 10.1 Å². The Morgan fingerprint density at radius 1 is 1.41 bits per heavy atom. The minimum Gasteiger partial charge on any atom is -0.379 e. The number of thiophene rings is 1. The van der Waals surface area contributed by atoms with Crippen LogP contribution in [0.5, 0.6) is 0 Å². The summed E-state index contributed by atoms with van der Waals surface area (Å²) in [6.45, 7) is 4.18. The summed E-state index contributed by atoms with van der Waals surface area (Å²) in [7, 11) is 0. The number of hydrogen-bond donors (Lipinski definition) is 1. The van der Waals surface area contributed by atoms with Crippen molar-refractivity contribution in [2.75, 3.05) is 32.8 Å². The first-order chi connectivity index (χ1) is 10.8. The molecule has 6 nitrogen and oxygen atoms in total. The third-order valence-corrected chi connectivity index (χ3v) is 4.69. The normalized spacial score (nSPS) is 17.3. The summed E-state index contributed by atoms with van der Waals surface area (Å²) in [6, 6.07) is 6.21. The first kappa shape index (κ1) is 15.2. The molecule has 22 heavy (non-hydrogen) atoms. The zero-order valence-electron chi connectivity index (χ0n) is 12.4. The second kappa shape index (κ2) is 7.53. The van der Waals surface area contributed by atoms with Crippen molar-refractivity contribution in [3.05, 3.63) is 40.8 Å². The van der Waals surface area contributed by atoms with E-state index < -0.39 is 0 Å². The number of rotatable bonds is 6. The van der Waals surface area contributed by atoms with E-state index in [1.807, 2.05) is 6.07 Å². The topological polar surface area (TPSA) is 59.4 Å². The van der Waals surface area contributed by atoms with Crippen LogP contribution >= 0.6 is 11.3 Å². The fourth-order valence-corrected chi connectivity index (χ4v) is 3.45. The van der Waals surface area contributed by atoms with Gasteiger partial charge in [0.2, 0.25) is 5.91 Å². The molecule has 3 rings (SSSR count). The van der Waals surface area contributed by atoms with Gasteiger partial charge in [-0.3, -0.25) is 14.4 Å². The van der Waals surface area contributed by atoms with Crippen LogP contribution in [0.1, 0.15) is 10.9 Å². The Hall–Kier alpha value is -1.70. The fourth-order valence-electron chi connectivity index (χ4n) is 2.59. The highest BCUT2D eigenvalue weighted by atomic mass is 32.1. The Labute approximate surface area is 133 Å². The lowest BCUT2D eigenvalue weighted by molar-refractivity contribution is -0.122. The van der Waals surface area contributed by atoms with Crippen LogP contribution in [-0.2, 0) is 16.1 Å². The number of nitrogens with zero attached hydrogens (tertiary/aromatic N) is 3. The summed E-state index contributed by atoms with van der Waals surface area (Å²) in [6.07, 6.45) is 3.47. The molecular formula is C15H20N4O2S. The molecule has 0 aliphatic carbocycles. The zero-order valence-corrected chi connectivity index (χ0v) is 13.2. The molecule has 0 bridgehead atoms. The maximum atomic E-state index is 12.1. The predicted octanol–water partition coefficient (Wildman–Crippen LogP) is 1.13. The minimum atomic E-state index is -0.0153. The minimum absolute atomic E-state index is 0.0153. The summed E-state index contributed by atoms with van der Waals surface area (Å²) >= 11 is 1.73.